The number of nitrogens with zero attached hydrogens (tertiary/aromatic N) is 2. The van der Waals surface area contributed by atoms with Crippen molar-refractivity contribution in [2.75, 3.05) is 26.8 Å². The van der Waals surface area contributed by atoms with Crippen LogP contribution in [0.4, 0.5) is 0 Å². The van der Waals surface area contributed by atoms with Crippen LogP contribution in [0.5, 0.6) is 11.5 Å². The fourth-order valence-corrected chi connectivity index (χ4v) is 4.10. The minimum Gasteiger partial charge on any atom is -0.493 e. The van der Waals surface area contributed by atoms with E-state index < -0.39 is 0 Å². The van der Waals surface area contributed by atoms with Crippen LogP contribution in [-0.4, -0.2) is 36.8 Å². The van der Waals surface area contributed by atoms with Crippen molar-refractivity contribution in [3.8, 4) is 11.5 Å². The minimum absolute atomic E-state index is 0.652. The van der Waals surface area contributed by atoms with E-state index in [4.69, 9.17) is 9.47 Å². The molecule has 1 aliphatic heterocycles. The maximum absolute atomic E-state index is 6.12. The first-order chi connectivity index (χ1) is 11.2. The van der Waals surface area contributed by atoms with E-state index in [9.17, 15) is 0 Å². The van der Waals surface area contributed by atoms with Gasteiger partial charge in [0.1, 0.15) is 6.33 Å². The Kier molecular flexibility index (Phi) is 3.81. The first-order valence-corrected chi connectivity index (χ1v) is 8.37. The van der Waals surface area contributed by atoms with Crippen LogP contribution in [0, 0.1) is 24.7 Å². The Morgan fingerprint density at radius 2 is 1.91 bits per heavy atom. The molecule has 0 bridgehead atoms. The van der Waals surface area contributed by atoms with Gasteiger partial charge in [-0.05, 0) is 56.7 Å². The summed E-state index contributed by atoms with van der Waals surface area (Å²) in [6.45, 7) is 5.10. The van der Waals surface area contributed by atoms with Crippen molar-refractivity contribution in [3.05, 3.63) is 24.2 Å². The SMILES string of the molecule is COc1cc2c(C)ncnc2cc1OCC1CC2CNCC2C1. The number of benzene rings is 1. The molecule has 0 radical (unpaired) electrons. The molecule has 2 aromatic rings. The standard InChI is InChI=1S/C18H23N3O2/c1-11-15-5-17(22-2)18(6-16(15)21-10-20-11)23-9-12-3-13-7-19-8-14(13)4-12/h5-6,10,12-14,19H,3-4,7-9H2,1-2H3. The molecule has 5 nitrogen and oxygen atoms in total. The molecular formula is C18H23N3O2. The topological polar surface area (TPSA) is 56.3 Å². The molecule has 1 saturated carbocycles. The van der Waals surface area contributed by atoms with E-state index in [0.717, 1.165) is 46.5 Å². The molecule has 23 heavy (non-hydrogen) atoms. The molecule has 5 heteroatoms. The molecule has 1 aromatic carbocycles. The molecule has 2 heterocycles. The van der Waals surface area contributed by atoms with Gasteiger partial charge in [-0.3, -0.25) is 0 Å². The van der Waals surface area contributed by atoms with Gasteiger partial charge in [-0.1, -0.05) is 0 Å². The second-order valence-electron chi connectivity index (χ2n) is 6.81. The molecule has 4 rings (SSSR count). The number of ether oxygens (including phenoxy) is 2. The van der Waals surface area contributed by atoms with Crippen LogP contribution in [0.15, 0.2) is 18.5 Å². The summed E-state index contributed by atoms with van der Waals surface area (Å²) in [5.74, 6) is 3.89. The van der Waals surface area contributed by atoms with Crippen LogP contribution >= 0.6 is 0 Å². The molecular weight excluding hydrogens is 290 g/mol. The zero-order valence-electron chi connectivity index (χ0n) is 13.7. The third-order valence-electron chi connectivity index (χ3n) is 5.35. The molecule has 1 aromatic heterocycles. The lowest BCUT2D eigenvalue weighted by atomic mass is 10.0. The molecule has 1 saturated heterocycles. The molecule has 1 N–H and O–H groups in total. The lowest BCUT2D eigenvalue weighted by Crippen LogP contribution is -2.15. The van der Waals surface area contributed by atoms with Gasteiger partial charge < -0.3 is 14.8 Å². The zero-order valence-corrected chi connectivity index (χ0v) is 13.7. The first-order valence-electron chi connectivity index (χ1n) is 8.37. The van der Waals surface area contributed by atoms with Crippen LogP contribution in [0.3, 0.4) is 0 Å². The average Bonchev–Trinajstić information content (AvgIpc) is 3.14. The number of hydrogen-bond donors (Lipinski definition) is 1. The summed E-state index contributed by atoms with van der Waals surface area (Å²) < 4.78 is 11.6. The Morgan fingerprint density at radius 1 is 1.13 bits per heavy atom. The smallest absolute Gasteiger partial charge is 0.163 e. The molecule has 1 aliphatic carbocycles. The molecule has 2 aliphatic rings. The van der Waals surface area contributed by atoms with E-state index in [1.54, 1.807) is 13.4 Å². The van der Waals surface area contributed by atoms with Gasteiger partial charge in [0.25, 0.3) is 0 Å². The van der Waals surface area contributed by atoms with Gasteiger partial charge in [-0.15, -0.1) is 0 Å². The van der Waals surface area contributed by atoms with Crippen molar-refractivity contribution in [3.63, 3.8) is 0 Å². The molecule has 0 amide bonds. The molecule has 122 valence electrons. The number of methoxy groups -OCH3 is 1. The van der Waals surface area contributed by atoms with E-state index in [1.807, 2.05) is 19.1 Å². The fraction of sp³-hybridized carbons (Fsp3) is 0.556. The van der Waals surface area contributed by atoms with Gasteiger partial charge in [0, 0.05) is 17.1 Å². The van der Waals surface area contributed by atoms with Crippen molar-refractivity contribution in [1.82, 2.24) is 15.3 Å². The highest BCUT2D eigenvalue weighted by Gasteiger charge is 2.37. The summed E-state index contributed by atoms with van der Waals surface area (Å²) in [5, 5.41) is 4.50. The third kappa shape index (κ3) is 2.74. The van der Waals surface area contributed by atoms with E-state index in [2.05, 4.69) is 15.3 Å². The number of hydrogen-bond acceptors (Lipinski definition) is 5. The average molecular weight is 313 g/mol. The number of aryl methyl sites for hydroxylation is 1. The van der Waals surface area contributed by atoms with Gasteiger partial charge in [-0.25, -0.2) is 9.97 Å². The van der Waals surface area contributed by atoms with Crippen LogP contribution in [-0.2, 0) is 0 Å². The highest BCUT2D eigenvalue weighted by molar-refractivity contribution is 5.84. The molecule has 2 fully saturated rings. The van der Waals surface area contributed by atoms with Crippen molar-refractivity contribution < 1.29 is 9.47 Å². The number of rotatable bonds is 4. The fourth-order valence-electron chi connectivity index (χ4n) is 4.10. The number of aromatic nitrogens is 2. The van der Waals surface area contributed by atoms with Gasteiger partial charge >= 0.3 is 0 Å². The Morgan fingerprint density at radius 3 is 2.65 bits per heavy atom. The predicted molar refractivity (Wildman–Crippen MR) is 88.9 cm³/mol. The second kappa shape index (κ2) is 5.96. The summed E-state index contributed by atoms with van der Waals surface area (Å²) >= 11 is 0. The molecule has 2 atom stereocenters. The van der Waals surface area contributed by atoms with Gasteiger partial charge in [0.05, 0.1) is 19.2 Å². The van der Waals surface area contributed by atoms with Crippen LogP contribution < -0.4 is 14.8 Å². The highest BCUT2D eigenvalue weighted by Crippen LogP contribution is 2.39. The van der Waals surface area contributed by atoms with Gasteiger partial charge in [0.15, 0.2) is 11.5 Å². The maximum Gasteiger partial charge on any atom is 0.163 e. The normalized spacial score (nSPS) is 26.4. The monoisotopic (exact) mass is 313 g/mol. The molecule has 0 spiro atoms. The van der Waals surface area contributed by atoms with Crippen molar-refractivity contribution in [2.45, 2.75) is 19.8 Å². The Balaban J connectivity index is 1.52. The minimum atomic E-state index is 0.652. The van der Waals surface area contributed by atoms with E-state index in [-0.39, 0.29) is 0 Å². The van der Waals surface area contributed by atoms with Crippen molar-refractivity contribution in [1.29, 1.82) is 0 Å². The Labute approximate surface area is 136 Å². The summed E-state index contributed by atoms with van der Waals surface area (Å²) in [6.07, 6.45) is 4.14. The van der Waals surface area contributed by atoms with E-state index in [0.29, 0.717) is 5.92 Å². The van der Waals surface area contributed by atoms with Gasteiger partial charge in [-0.2, -0.15) is 0 Å². The summed E-state index contributed by atoms with van der Waals surface area (Å²) in [4.78, 5) is 8.59. The van der Waals surface area contributed by atoms with Crippen LogP contribution in [0.2, 0.25) is 0 Å². The number of nitrogens with one attached hydrogen (secondary N) is 1. The van der Waals surface area contributed by atoms with Crippen LogP contribution in [0.1, 0.15) is 18.5 Å². The quantitative estimate of drug-likeness (QED) is 0.940. The Hall–Kier alpha value is -1.88. The highest BCUT2D eigenvalue weighted by atomic mass is 16.5. The largest absolute Gasteiger partial charge is 0.493 e. The summed E-state index contributed by atoms with van der Waals surface area (Å²) in [7, 11) is 1.68. The summed E-state index contributed by atoms with van der Waals surface area (Å²) in [5.41, 5.74) is 1.86. The first kappa shape index (κ1) is 14.7. The predicted octanol–water partition coefficient (Wildman–Crippen LogP) is 2.57. The Bertz CT molecular complexity index is 707. The van der Waals surface area contributed by atoms with Crippen molar-refractivity contribution >= 4 is 10.9 Å². The lowest BCUT2D eigenvalue weighted by molar-refractivity contribution is 0.234. The number of fused-ring (bicyclic) bond motifs is 2. The van der Waals surface area contributed by atoms with E-state index >= 15 is 0 Å². The second-order valence-corrected chi connectivity index (χ2v) is 6.81. The maximum atomic E-state index is 6.12. The van der Waals surface area contributed by atoms with Gasteiger partial charge in [0.2, 0.25) is 0 Å². The van der Waals surface area contributed by atoms with Crippen molar-refractivity contribution in [2.24, 2.45) is 17.8 Å². The summed E-state index contributed by atoms with van der Waals surface area (Å²) in [6, 6.07) is 3.95. The molecule has 2 unspecified atom stereocenters. The zero-order chi connectivity index (χ0) is 15.8. The van der Waals surface area contributed by atoms with E-state index in [1.165, 1.54) is 25.9 Å². The van der Waals surface area contributed by atoms with Crippen LogP contribution in [0.25, 0.3) is 10.9 Å². The lowest BCUT2D eigenvalue weighted by Gasteiger charge is -2.16. The third-order valence-corrected chi connectivity index (χ3v) is 5.35.